The molecule has 0 spiro atoms. The molecule has 0 aromatic carbocycles. The molecule has 1 fully saturated rings. The van der Waals surface area contributed by atoms with Gasteiger partial charge < -0.3 is 10.1 Å². The molecule has 0 amide bonds. The van der Waals surface area contributed by atoms with Crippen LogP contribution in [0.1, 0.15) is 5.69 Å². The molecule has 0 aliphatic carbocycles. The summed E-state index contributed by atoms with van der Waals surface area (Å²) < 4.78 is 7.38. The first-order chi connectivity index (χ1) is 7.33. The number of rotatable bonds is 2. The number of ether oxygens (including phenoxy) is 1. The summed E-state index contributed by atoms with van der Waals surface area (Å²) in [5, 5.41) is 7.22. The van der Waals surface area contributed by atoms with Gasteiger partial charge in [0.1, 0.15) is 12.4 Å². The molecule has 2 aromatic rings. The molecule has 0 radical (unpaired) electrons. The summed E-state index contributed by atoms with van der Waals surface area (Å²) in [4.78, 5) is 8.28. The lowest BCUT2D eigenvalue weighted by Crippen LogP contribution is -2.50. The standard InChI is InChI=1S/C9H11N5O.2ClH/c1-6-2-8(15-7-3-10-4-7)14-9(13-6)11-5-12-14;;/h2,5,7,10H,3-4H2,1H3;2*1H. The third kappa shape index (κ3) is 2.59. The van der Waals surface area contributed by atoms with E-state index < -0.39 is 0 Å². The van der Waals surface area contributed by atoms with Crippen LogP contribution < -0.4 is 10.1 Å². The summed E-state index contributed by atoms with van der Waals surface area (Å²) in [6.45, 7) is 3.69. The second-order valence-electron chi connectivity index (χ2n) is 3.61. The van der Waals surface area contributed by atoms with Crippen LogP contribution >= 0.6 is 24.8 Å². The highest BCUT2D eigenvalue weighted by molar-refractivity contribution is 5.85. The van der Waals surface area contributed by atoms with Gasteiger partial charge in [0.25, 0.3) is 5.78 Å². The van der Waals surface area contributed by atoms with Crippen LogP contribution in [0.4, 0.5) is 0 Å². The van der Waals surface area contributed by atoms with Crippen molar-refractivity contribution in [2.24, 2.45) is 0 Å². The first kappa shape index (κ1) is 14.0. The molecule has 1 saturated heterocycles. The molecular weight excluding hydrogens is 265 g/mol. The number of nitrogens with one attached hydrogen (secondary N) is 1. The summed E-state index contributed by atoms with van der Waals surface area (Å²) in [5.74, 6) is 1.29. The molecule has 1 aliphatic heterocycles. The van der Waals surface area contributed by atoms with Gasteiger partial charge in [-0.25, -0.2) is 4.98 Å². The fourth-order valence-corrected chi connectivity index (χ4v) is 1.50. The van der Waals surface area contributed by atoms with Crippen LogP contribution in [0.25, 0.3) is 5.78 Å². The summed E-state index contributed by atoms with van der Waals surface area (Å²) in [6, 6.07) is 1.88. The van der Waals surface area contributed by atoms with Gasteiger partial charge in [0.05, 0.1) is 0 Å². The molecule has 6 nitrogen and oxygen atoms in total. The number of nitrogens with zero attached hydrogens (tertiary/aromatic N) is 4. The van der Waals surface area contributed by atoms with E-state index in [1.165, 1.54) is 6.33 Å². The van der Waals surface area contributed by atoms with E-state index in [1.807, 2.05) is 13.0 Å². The van der Waals surface area contributed by atoms with Gasteiger partial charge in [0.2, 0.25) is 5.88 Å². The molecule has 94 valence electrons. The zero-order valence-electron chi connectivity index (χ0n) is 9.16. The van der Waals surface area contributed by atoms with Crippen LogP contribution in [0.5, 0.6) is 5.88 Å². The van der Waals surface area contributed by atoms with Crippen LogP contribution in [0, 0.1) is 6.92 Å². The van der Waals surface area contributed by atoms with E-state index in [0.717, 1.165) is 18.8 Å². The zero-order valence-corrected chi connectivity index (χ0v) is 10.8. The summed E-state index contributed by atoms with van der Waals surface area (Å²) in [5.41, 5.74) is 0.887. The molecule has 17 heavy (non-hydrogen) atoms. The Balaban J connectivity index is 0.000000722. The highest BCUT2D eigenvalue weighted by Gasteiger charge is 2.20. The van der Waals surface area contributed by atoms with Crippen molar-refractivity contribution < 1.29 is 4.74 Å². The van der Waals surface area contributed by atoms with Crippen molar-refractivity contribution in [3.8, 4) is 5.88 Å². The Labute approximate surface area is 111 Å². The van der Waals surface area contributed by atoms with E-state index >= 15 is 0 Å². The monoisotopic (exact) mass is 277 g/mol. The first-order valence-electron chi connectivity index (χ1n) is 4.88. The lowest BCUT2D eigenvalue weighted by Gasteiger charge is -2.27. The highest BCUT2D eigenvalue weighted by atomic mass is 35.5. The maximum atomic E-state index is 5.76. The minimum atomic E-state index is 0. The summed E-state index contributed by atoms with van der Waals surface area (Å²) >= 11 is 0. The second-order valence-corrected chi connectivity index (χ2v) is 3.61. The number of fused-ring (bicyclic) bond motifs is 1. The number of aryl methyl sites for hydroxylation is 1. The maximum absolute atomic E-state index is 5.76. The highest BCUT2D eigenvalue weighted by Crippen LogP contribution is 2.15. The van der Waals surface area contributed by atoms with Crippen LogP contribution in [0.3, 0.4) is 0 Å². The van der Waals surface area contributed by atoms with E-state index in [1.54, 1.807) is 4.52 Å². The van der Waals surface area contributed by atoms with Gasteiger partial charge in [-0.15, -0.1) is 24.8 Å². The van der Waals surface area contributed by atoms with Gasteiger partial charge >= 0.3 is 0 Å². The number of hydrogen-bond donors (Lipinski definition) is 1. The molecule has 2 aromatic heterocycles. The van der Waals surface area contributed by atoms with Gasteiger partial charge in [-0.05, 0) is 6.92 Å². The molecular formula is C9H13Cl2N5O. The molecule has 3 heterocycles. The van der Waals surface area contributed by atoms with Gasteiger partial charge in [0.15, 0.2) is 0 Å². The third-order valence-electron chi connectivity index (χ3n) is 2.38. The topological polar surface area (TPSA) is 64.3 Å². The average molecular weight is 278 g/mol. The predicted molar refractivity (Wildman–Crippen MR) is 67.3 cm³/mol. The quantitative estimate of drug-likeness (QED) is 0.872. The Kier molecular flexibility index (Phi) is 4.50. The van der Waals surface area contributed by atoms with E-state index in [2.05, 4.69) is 20.4 Å². The molecule has 3 rings (SSSR count). The Morgan fingerprint density at radius 1 is 1.41 bits per heavy atom. The van der Waals surface area contributed by atoms with Gasteiger partial charge in [-0.1, -0.05) is 0 Å². The van der Waals surface area contributed by atoms with Crippen molar-refractivity contribution in [2.75, 3.05) is 13.1 Å². The molecule has 0 saturated carbocycles. The molecule has 0 atom stereocenters. The minimum Gasteiger partial charge on any atom is -0.471 e. The number of hydrogen-bond acceptors (Lipinski definition) is 5. The zero-order chi connectivity index (χ0) is 10.3. The Hall–Kier alpha value is -1.11. The van der Waals surface area contributed by atoms with E-state index in [-0.39, 0.29) is 30.9 Å². The molecule has 0 bridgehead atoms. The van der Waals surface area contributed by atoms with Crippen molar-refractivity contribution in [3.63, 3.8) is 0 Å². The van der Waals surface area contributed by atoms with E-state index in [9.17, 15) is 0 Å². The Morgan fingerprint density at radius 2 is 2.18 bits per heavy atom. The Morgan fingerprint density at radius 3 is 2.82 bits per heavy atom. The van der Waals surface area contributed by atoms with Gasteiger partial charge in [-0.3, -0.25) is 0 Å². The molecule has 1 aliphatic rings. The van der Waals surface area contributed by atoms with E-state index in [0.29, 0.717) is 11.7 Å². The van der Waals surface area contributed by atoms with E-state index in [4.69, 9.17) is 4.74 Å². The van der Waals surface area contributed by atoms with Crippen molar-refractivity contribution in [1.29, 1.82) is 0 Å². The number of aromatic nitrogens is 4. The van der Waals surface area contributed by atoms with Crippen LogP contribution in [0.15, 0.2) is 12.4 Å². The van der Waals surface area contributed by atoms with Crippen molar-refractivity contribution in [2.45, 2.75) is 13.0 Å². The van der Waals surface area contributed by atoms with Crippen molar-refractivity contribution in [3.05, 3.63) is 18.1 Å². The van der Waals surface area contributed by atoms with Crippen LogP contribution in [-0.4, -0.2) is 38.8 Å². The van der Waals surface area contributed by atoms with Crippen molar-refractivity contribution >= 4 is 30.6 Å². The normalized spacial score (nSPS) is 14.6. The minimum absolute atomic E-state index is 0. The summed E-state index contributed by atoms with van der Waals surface area (Å²) in [7, 11) is 0. The fourth-order valence-electron chi connectivity index (χ4n) is 1.50. The fraction of sp³-hybridized carbons (Fsp3) is 0.444. The smallest absolute Gasteiger partial charge is 0.255 e. The Bertz CT molecular complexity index is 499. The third-order valence-corrected chi connectivity index (χ3v) is 2.38. The average Bonchev–Trinajstić information content (AvgIpc) is 2.58. The number of halogens is 2. The lowest BCUT2D eigenvalue weighted by atomic mass is 10.2. The first-order valence-corrected chi connectivity index (χ1v) is 4.88. The molecule has 1 N–H and O–H groups in total. The predicted octanol–water partition coefficient (Wildman–Crippen LogP) is 0.627. The lowest BCUT2D eigenvalue weighted by molar-refractivity contribution is 0.132. The van der Waals surface area contributed by atoms with Gasteiger partial charge in [0, 0.05) is 24.8 Å². The molecule has 0 unspecified atom stereocenters. The van der Waals surface area contributed by atoms with Crippen LogP contribution in [-0.2, 0) is 0 Å². The summed E-state index contributed by atoms with van der Waals surface area (Å²) in [6.07, 6.45) is 1.72. The maximum Gasteiger partial charge on any atom is 0.255 e. The van der Waals surface area contributed by atoms with Gasteiger partial charge in [-0.2, -0.15) is 14.6 Å². The second kappa shape index (κ2) is 5.48. The molecule has 8 heteroatoms. The van der Waals surface area contributed by atoms with Crippen LogP contribution in [0.2, 0.25) is 0 Å². The van der Waals surface area contributed by atoms with Crippen molar-refractivity contribution in [1.82, 2.24) is 24.9 Å². The largest absolute Gasteiger partial charge is 0.471 e. The SMILES string of the molecule is Cc1cc(OC2CNC2)n2ncnc2n1.Cl.Cl.